The van der Waals surface area contributed by atoms with E-state index in [2.05, 4.69) is 20.4 Å². The summed E-state index contributed by atoms with van der Waals surface area (Å²) in [6.45, 7) is 0.592. The highest BCUT2D eigenvalue weighted by Crippen LogP contribution is 2.26. The van der Waals surface area contributed by atoms with Crippen LogP contribution in [0.25, 0.3) is 0 Å². The van der Waals surface area contributed by atoms with Crippen LogP contribution in [0.1, 0.15) is 19.8 Å². The van der Waals surface area contributed by atoms with E-state index >= 15 is 0 Å². The molecule has 0 bridgehead atoms. The van der Waals surface area contributed by atoms with E-state index in [9.17, 15) is 34.5 Å². The number of alkyl carbamates (subject to hydrolysis) is 2. The molecule has 0 aliphatic carbocycles. The predicted octanol–water partition coefficient (Wildman–Crippen LogP) is -1.80. The van der Waals surface area contributed by atoms with Crippen LogP contribution in [0.5, 0.6) is 0 Å². The van der Waals surface area contributed by atoms with Gasteiger partial charge in [0.1, 0.15) is 25.4 Å². The predicted molar refractivity (Wildman–Crippen MR) is 120 cm³/mol. The number of nitrogens with one attached hydrogen (secondary N) is 2. The molecule has 0 aromatic heterocycles. The van der Waals surface area contributed by atoms with Gasteiger partial charge in [0, 0.05) is 13.5 Å². The lowest BCUT2D eigenvalue weighted by atomic mass is 9.92. The minimum absolute atomic E-state index is 0.174. The van der Waals surface area contributed by atoms with Gasteiger partial charge in [-0.15, -0.1) is 0 Å². The van der Waals surface area contributed by atoms with Crippen molar-refractivity contribution in [3.63, 3.8) is 0 Å². The average molecular weight is 520 g/mol. The number of ether oxygens (including phenoxy) is 5. The quantitative estimate of drug-likeness (QED) is 0.0548. The Kier molecular flexibility index (Phi) is 13.0. The molecule has 1 heterocycles. The number of carboxylic acids is 1. The van der Waals surface area contributed by atoms with Crippen LogP contribution in [0.15, 0.2) is 16.8 Å². The number of rotatable bonds is 12. The Morgan fingerprint density at radius 3 is 2.42 bits per heavy atom. The van der Waals surface area contributed by atoms with Gasteiger partial charge in [0.2, 0.25) is 5.76 Å². The van der Waals surface area contributed by atoms with Crippen molar-refractivity contribution in [1.29, 1.82) is 0 Å². The zero-order chi connectivity index (χ0) is 27.3. The van der Waals surface area contributed by atoms with Gasteiger partial charge in [-0.3, -0.25) is 10.1 Å². The molecule has 0 saturated heterocycles. The number of esters is 1. The molecule has 16 nitrogen and oxygen atoms in total. The van der Waals surface area contributed by atoms with Crippen molar-refractivity contribution < 1.29 is 58.2 Å². The molecule has 5 atom stereocenters. The number of carbonyl (C=O) groups is 4. The van der Waals surface area contributed by atoms with E-state index in [4.69, 9.17) is 24.7 Å². The van der Waals surface area contributed by atoms with E-state index in [1.165, 1.54) is 7.11 Å². The molecule has 1 aliphatic rings. The average Bonchev–Trinajstić information content (AvgIpc) is 2.83. The van der Waals surface area contributed by atoms with Crippen LogP contribution >= 0.6 is 0 Å². The van der Waals surface area contributed by atoms with Crippen molar-refractivity contribution in [2.24, 2.45) is 10.7 Å². The number of aliphatic hydroxyl groups excluding tert-OH is 2. The molecule has 0 aromatic carbocycles. The summed E-state index contributed by atoms with van der Waals surface area (Å²) >= 11 is 0. The fourth-order valence-electron chi connectivity index (χ4n) is 3.10. The van der Waals surface area contributed by atoms with Gasteiger partial charge in [-0.25, -0.2) is 19.4 Å². The highest BCUT2D eigenvalue weighted by atomic mass is 16.6. The summed E-state index contributed by atoms with van der Waals surface area (Å²) in [5.74, 6) is -3.09. The maximum atomic E-state index is 12.0. The number of methoxy groups -OCH3 is 2. The topological polar surface area (TPSA) is 238 Å². The Bertz CT molecular complexity index is 834. The smallest absolute Gasteiger partial charge is 0.414 e. The van der Waals surface area contributed by atoms with E-state index in [1.54, 1.807) is 6.92 Å². The number of carbonyl (C=O) groups excluding carboxylic acids is 3. The Morgan fingerprint density at radius 1 is 1.19 bits per heavy atom. The van der Waals surface area contributed by atoms with E-state index in [0.717, 1.165) is 13.2 Å². The molecule has 0 saturated carbocycles. The first-order valence-corrected chi connectivity index (χ1v) is 10.8. The van der Waals surface area contributed by atoms with Crippen LogP contribution in [0.4, 0.5) is 9.59 Å². The number of amides is 2. The van der Waals surface area contributed by atoms with Crippen LogP contribution in [-0.2, 0) is 33.3 Å². The van der Waals surface area contributed by atoms with Gasteiger partial charge in [0.25, 0.3) is 0 Å². The maximum Gasteiger partial charge on any atom is 0.414 e. The Balaban J connectivity index is 3.08. The number of hydrogen-bond acceptors (Lipinski definition) is 12. The third kappa shape index (κ3) is 9.55. The fraction of sp³-hybridized carbons (Fsp3) is 0.650. The van der Waals surface area contributed by atoms with Gasteiger partial charge in [0.05, 0.1) is 25.8 Å². The molecular weight excluding hydrogens is 488 g/mol. The van der Waals surface area contributed by atoms with Crippen molar-refractivity contribution in [3.8, 4) is 0 Å². The SMILES string of the molecule is CCCC(=O)OCCOC(=O)NC(N)=N[C@@H]1C=C(C(=O)O)O[C@H](C(OC)[C@H](O)CO)[C@@H]1NC(=O)OC. The second kappa shape index (κ2) is 15.4. The number of carboxylic acid groups (broad SMARTS) is 1. The lowest BCUT2D eigenvalue weighted by Crippen LogP contribution is -2.60. The second-order valence-electron chi connectivity index (χ2n) is 7.27. The first-order valence-electron chi connectivity index (χ1n) is 10.8. The van der Waals surface area contributed by atoms with E-state index in [-0.39, 0.29) is 19.6 Å². The Hall–Kier alpha value is -3.63. The molecular formula is C20H32N4O12. The highest BCUT2D eigenvalue weighted by molar-refractivity contribution is 5.93. The molecule has 36 heavy (non-hydrogen) atoms. The molecule has 0 spiro atoms. The van der Waals surface area contributed by atoms with Gasteiger partial charge >= 0.3 is 24.1 Å². The summed E-state index contributed by atoms with van der Waals surface area (Å²) in [6, 6.07) is -2.51. The number of guanidine groups is 1. The Labute approximate surface area is 206 Å². The van der Waals surface area contributed by atoms with Crippen molar-refractivity contribution in [2.45, 2.75) is 50.2 Å². The van der Waals surface area contributed by atoms with Gasteiger partial charge in [-0.1, -0.05) is 6.92 Å². The van der Waals surface area contributed by atoms with Crippen LogP contribution in [-0.4, -0.2) is 110 Å². The Morgan fingerprint density at radius 2 is 1.86 bits per heavy atom. The lowest BCUT2D eigenvalue weighted by molar-refractivity contribution is -0.148. The van der Waals surface area contributed by atoms with Gasteiger partial charge < -0.3 is 50.1 Å². The first kappa shape index (κ1) is 30.4. The molecule has 0 fully saturated rings. The molecule has 2 amide bonds. The van der Waals surface area contributed by atoms with Crippen LogP contribution in [0.3, 0.4) is 0 Å². The van der Waals surface area contributed by atoms with Crippen molar-refractivity contribution in [1.82, 2.24) is 10.6 Å². The van der Waals surface area contributed by atoms with Crippen LogP contribution in [0, 0.1) is 0 Å². The van der Waals surface area contributed by atoms with E-state index in [1.807, 2.05) is 0 Å². The molecule has 1 unspecified atom stereocenters. The minimum atomic E-state index is -1.53. The number of nitrogens with zero attached hydrogens (tertiary/aromatic N) is 1. The summed E-state index contributed by atoms with van der Waals surface area (Å²) in [4.78, 5) is 50.8. The maximum absolute atomic E-state index is 12.0. The summed E-state index contributed by atoms with van der Waals surface area (Å²) in [6.07, 6.45) is -4.42. The highest BCUT2D eigenvalue weighted by Gasteiger charge is 2.45. The largest absolute Gasteiger partial charge is 0.478 e. The molecule has 1 aliphatic heterocycles. The summed E-state index contributed by atoms with van der Waals surface area (Å²) in [5.41, 5.74) is 5.76. The van der Waals surface area contributed by atoms with E-state index < -0.39 is 72.8 Å². The minimum Gasteiger partial charge on any atom is -0.478 e. The molecule has 1 rings (SSSR count). The molecule has 16 heteroatoms. The molecule has 0 radical (unpaired) electrons. The third-order valence-corrected chi connectivity index (χ3v) is 4.70. The van der Waals surface area contributed by atoms with Crippen LogP contribution < -0.4 is 16.4 Å². The zero-order valence-corrected chi connectivity index (χ0v) is 20.0. The van der Waals surface area contributed by atoms with Crippen molar-refractivity contribution in [3.05, 3.63) is 11.8 Å². The summed E-state index contributed by atoms with van der Waals surface area (Å²) in [7, 11) is 2.25. The standard InChI is InChI=1S/C20H32N4O12/c1-4-5-13(27)34-6-7-35-20(31)24-18(21)22-10-8-12(17(28)29)36-16(14(10)23-19(30)33-3)15(32-2)11(26)9-25/h8,10-11,14-16,25-26H,4-7,9H2,1-3H3,(H,23,30)(H,28,29)(H3,21,22,24,31)/t10-,11-,14-,15?,16+/m1/s1. The van der Waals surface area contributed by atoms with Gasteiger partial charge in [-0.2, -0.15) is 0 Å². The second-order valence-corrected chi connectivity index (χ2v) is 7.27. The first-order chi connectivity index (χ1) is 17.1. The molecule has 7 N–H and O–H groups in total. The van der Waals surface area contributed by atoms with E-state index in [0.29, 0.717) is 6.42 Å². The zero-order valence-electron chi connectivity index (χ0n) is 20.0. The van der Waals surface area contributed by atoms with Crippen molar-refractivity contribution >= 4 is 30.1 Å². The number of nitrogens with two attached hydrogens (primary N) is 1. The van der Waals surface area contributed by atoms with Gasteiger partial charge in [0.15, 0.2) is 12.1 Å². The fourth-order valence-corrected chi connectivity index (χ4v) is 3.10. The summed E-state index contributed by atoms with van der Waals surface area (Å²) in [5, 5.41) is 33.4. The number of aliphatic hydroxyl groups is 2. The monoisotopic (exact) mass is 520 g/mol. The normalized spacial score (nSPS) is 21.2. The molecule has 204 valence electrons. The molecule has 0 aromatic rings. The van der Waals surface area contributed by atoms with Gasteiger partial charge in [-0.05, 0) is 12.5 Å². The van der Waals surface area contributed by atoms with Crippen molar-refractivity contribution in [2.75, 3.05) is 34.0 Å². The number of hydrogen-bond donors (Lipinski definition) is 6. The number of aliphatic carboxylic acids is 1. The number of aliphatic imine (C=N–C) groups is 1. The van der Waals surface area contributed by atoms with Crippen LogP contribution in [0.2, 0.25) is 0 Å². The summed E-state index contributed by atoms with van der Waals surface area (Å²) < 4.78 is 24.8. The lowest BCUT2D eigenvalue weighted by Gasteiger charge is -2.39. The third-order valence-electron chi connectivity index (χ3n) is 4.70.